The molecule has 2 aromatic carbocycles. The molecule has 2 N–H and O–H groups in total. The van der Waals surface area contributed by atoms with Crippen LogP contribution in [0.1, 0.15) is 29.8 Å². The molecule has 3 rings (SSSR count). The molecular weight excluding hydrogens is 450 g/mol. The molecule has 0 saturated carbocycles. The molecule has 0 bridgehead atoms. The van der Waals surface area contributed by atoms with Gasteiger partial charge in [0.2, 0.25) is 5.88 Å². The highest BCUT2D eigenvalue weighted by Crippen LogP contribution is 2.28. The summed E-state index contributed by atoms with van der Waals surface area (Å²) in [6.07, 6.45) is 1.63. The van der Waals surface area contributed by atoms with E-state index < -0.39 is 0 Å². The normalized spacial score (nSPS) is 10.4. The van der Waals surface area contributed by atoms with E-state index in [4.69, 9.17) is 18.9 Å². The Labute approximate surface area is 204 Å². The lowest BCUT2D eigenvalue weighted by atomic mass is 10.2. The summed E-state index contributed by atoms with van der Waals surface area (Å²) in [5.74, 6) is 1.93. The van der Waals surface area contributed by atoms with E-state index in [-0.39, 0.29) is 31.0 Å². The van der Waals surface area contributed by atoms with Gasteiger partial charge >= 0.3 is 0 Å². The lowest BCUT2D eigenvalue weighted by Crippen LogP contribution is -2.34. The van der Waals surface area contributed by atoms with Crippen molar-refractivity contribution in [1.82, 2.24) is 15.6 Å². The maximum absolute atomic E-state index is 12.6. The van der Waals surface area contributed by atoms with Gasteiger partial charge in [-0.05, 0) is 49.7 Å². The van der Waals surface area contributed by atoms with Crippen LogP contribution in [0.25, 0.3) is 0 Å². The van der Waals surface area contributed by atoms with E-state index in [2.05, 4.69) is 15.6 Å². The van der Waals surface area contributed by atoms with Gasteiger partial charge in [-0.1, -0.05) is 12.1 Å². The minimum absolute atomic E-state index is 0.0194. The number of pyridine rings is 1. The third-order valence-electron chi connectivity index (χ3n) is 4.75. The summed E-state index contributed by atoms with van der Waals surface area (Å²) in [7, 11) is 3.06. The Bertz CT molecular complexity index is 1150. The molecule has 0 saturated heterocycles. The SMILES string of the molecule is COc1cccc(Oc2ccc(CNC(=O)c3ccc(OCC(=O)NC(C)C)c(OC)c3)cn2)c1. The predicted molar refractivity (Wildman–Crippen MR) is 130 cm³/mol. The van der Waals surface area contributed by atoms with Gasteiger partial charge in [-0.2, -0.15) is 0 Å². The second-order valence-electron chi connectivity index (χ2n) is 7.84. The predicted octanol–water partition coefficient (Wildman–Crippen LogP) is 3.72. The van der Waals surface area contributed by atoms with Crippen LogP contribution in [0.3, 0.4) is 0 Å². The van der Waals surface area contributed by atoms with E-state index in [0.29, 0.717) is 34.4 Å². The van der Waals surface area contributed by atoms with Gasteiger partial charge < -0.3 is 29.6 Å². The molecule has 2 amide bonds. The van der Waals surface area contributed by atoms with Crippen LogP contribution in [0.5, 0.6) is 28.9 Å². The van der Waals surface area contributed by atoms with Crippen LogP contribution in [0.2, 0.25) is 0 Å². The average molecular weight is 480 g/mol. The van der Waals surface area contributed by atoms with Crippen LogP contribution in [0.4, 0.5) is 0 Å². The highest BCUT2D eigenvalue weighted by Gasteiger charge is 2.13. The summed E-state index contributed by atoms with van der Waals surface area (Å²) in [4.78, 5) is 28.7. The molecule has 0 fully saturated rings. The summed E-state index contributed by atoms with van der Waals surface area (Å²) in [6, 6.07) is 15.6. The van der Waals surface area contributed by atoms with Gasteiger partial charge in [0.15, 0.2) is 18.1 Å². The van der Waals surface area contributed by atoms with E-state index >= 15 is 0 Å². The molecule has 0 spiro atoms. The summed E-state index contributed by atoms with van der Waals surface area (Å²) < 4.78 is 21.8. The smallest absolute Gasteiger partial charge is 0.258 e. The number of ether oxygens (including phenoxy) is 4. The van der Waals surface area contributed by atoms with Crippen molar-refractivity contribution in [3.05, 3.63) is 71.9 Å². The molecule has 35 heavy (non-hydrogen) atoms. The Morgan fingerprint density at radius 3 is 2.43 bits per heavy atom. The van der Waals surface area contributed by atoms with Crippen LogP contribution in [-0.2, 0) is 11.3 Å². The molecule has 0 aliphatic rings. The van der Waals surface area contributed by atoms with Crippen molar-refractivity contribution in [2.24, 2.45) is 0 Å². The maximum Gasteiger partial charge on any atom is 0.258 e. The number of nitrogens with one attached hydrogen (secondary N) is 2. The van der Waals surface area contributed by atoms with E-state index in [9.17, 15) is 9.59 Å². The summed E-state index contributed by atoms with van der Waals surface area (Å²) in [6.45, 7) is 3.87. The summed E-state index contributed by atoms with van der Waals surface area (Å²) in [5.41, 5.74) is 1.20. The average Bonchev–Trinajstić information content (AvgIpc) is 2.86. The van der Waals surface area contributed by atoms with Crippen molar-refractivity contribution in [2.75, 3.05) is 20.8 Å². The van der Waals surface area contributed by atoms with Gasteiger partial charge in [-0.15, -0.1) is 0 Å². The first-order chi connectivity index (χ1) is 16.9. The number of carbonyl (C=O) groups excluding carboxylic acids is 2. The zero-order valence-corrected chi connectivity index (χ0v) is 20.2. The lowest BCUT2D eigenvalue weighted by molar-refractivity contribution is -0.123. The van der Waals surface area contributed by atoms with Gasteiger partial charge in [-0.25, -0.2) is 4.98 Å². The Balaban J connectivity index is 1.55. The number of benzene rings is 2. The van der Waals surface area contributed by atoms with Crippen molar-refractivity contribution in [2.45, 2.75) is 26.4 Å². The molecule has 9 heteroatoms. The van der Waals surface area contributed by atoms with Gasteiger partial charge in [-0.3, -0.25) is 9.59 Å². The summed E-state index contributed by atoms with van der Waals surface area (Å²) in [5, 5.41) is 5.59. The number of carbonyl (C=O) groups is 2. The highest BCUT2D eigenvalue weighted by atomic mass is 16.5. The Morgan fingerprint density at radius 2 is 1.74 bits per heavy atom. The van der Waals surface area contributed by atoms with Crippen LogP contribution >= 0.6 is 0 Å². The molecule has 0 radical (unpaired) electrons. The molecular formula is C26H29N3O6. The van der Waals surface area contributed by atoms with E-state index in [0.717, 1.165) is 5.56 Å². The van der Waals surface area contributed by atoms with Crippen LogP contribution in [-0.4, -0.2) is 43.7 Å². The van der Waals surface area contributed by atoms with Crippen molar-refractivity contribution < 1.29 is 28.5 Å². The van der Waals surface area contributed by atoms with Crippen molar-refractivity contribution in [1.29, 1.82) is 0 Å². The molecule has 0 unspecified atom stereocenters. The number of hydrogen-bond acceptors (Lipinski definition) is 7. The van der Waals surface area contributed by atoms with Gasteiger partial charge in [0.05, 0.1) is 14.2 Å². The third-order valence-corrected chi connectivity index (χ3v) is 4.75. The molecule has 0 aliphatic heterocycles. The zero-order valence-electron chi connectivity index (χ0n) is 20.2. The minimum atomic E-state index is -0.288. The van der Waals surface area contributed by atoms with Crippen molar-refractivity contribution >= 4 is 11.8 Å². The first-order valence-electron chi connectivity index (χ1n) is 11.0. The molecule has 3 aromatic rings. The Hall–Kier alpha value is -4.27. The van der Waals surface area contributed by atoms with E-state index in [1.54, 1.807) is 43.6 Å². The summed E-state index contributed by atoms with van der Waals surface area (Å²) >= 11 is 0. The fraction of sp³-hybridized carbons (Fsp3) is 0.269. The number of rotatable bonds is 11. The number of nitrogens with zero attached hydrogens (tertiary/aromatic N) is 1. The number of methoxy groups -OCH3 is 2. The maximum atomic E-state index is 12.6. The largest absolute Gasteiger partial charge is 0.497 e. The van der Waals surface area contributed by atoms with Crippen molar-refractivity contribution in [3.63, 3.8) is 0 Å². The Morgan fingerprint density at radius 1 is 0.943 bits per heavy atom. The minimum Gasteiger partial charge on any atom is -0.497 e. The first kappa shape index (κ1) is 25.4. The fourth-order valence-corrected chi connectivity index (χ4v) is 3.08. The molecule has 1 heterocycles. The fourth-order valence-electron chi connectivity index (χ4n) is 3.08. The molecule has 9 nitrogen and oxygen atoms in total. The van der Waals surface area contributed by atoms with E-state index in [1.165, 1.54) is 7.11 Å². The van der Waals surface area contributed by atoms with Gasteiger partial charge in [0.1, 0.15) is 11.5 Å². The molecule has 184 valence electrons. The van der Waals surface area contributed by atoms with Crippen LogP contribution < -0.4 is 29.6 Å². The molecule has 0 atom stereocenters. The third kappa shape index (κ3) is 7.63. The van der Waals surface area contributed by atoms with Crippen LogP contribution in [0, 0.1) is 0 Å². The van der Waals surface area contributed by atoms with Gasteiger partial charge in [0, 0.05) is 36.5 Å². The quantitative estimate of drug-likeness (QED) is 0.431. The lowest BCUT2D eigenvalue weighted by Gasteiger charge is -2.13. The van der Waals surface area contributed by atoms with Crippen molar-refractivity contribution in [3.8, 4) is 28.9 Å². The number of amides is 2. The highest BCUT2D eigenvalue weighted by molar-refractivity contribution is 5.94. The van der Waals surface area contributed by atoms with Crippen LogP contribution in [0.15, 0.2) is 60.8 Å². The second-order valence-corrected chi connectivity index (χ2v) is 7.84. The monoisotopic (exact) mass is 479 g/mol. The standard InChI is InChI=1S/C26H29N3O6/c1-17(2)29-24(30)16-34-22-10-9-19(12-23(22)33-4)26(31)28-15-18-8-11-25(27-14-18)35-21-7-5-6-20(13-21)32-3/h5-14,17H,15-16H2,1-4H3,(H,28,31)(H,29,30). The molecule has 0 aliphatic carbocycles. The molecule has 1 aromatic heterocycles. The van der Waals surface area contributed by atoms with E-state index in [1.807, 2.05) is 38.1 Å². The van der Waals surface area contributed by atoms with Gasteiger partial charge in [0.25, 0.3) is 11.8 Å². The first-order valence-corrected chi connectivity index (χ1v) is 11.0. The second kappa shape index (κ2) is 12.3. The topological polar surface area (TPSA) is 108 Å². The number of hydrogen-bond donors (Lipinski definition) is 2. The zero-order chi connectivity index (χ0) is 25.2. The number of aromatic nitrogens is 1. The Kier molecular flexibility index (Phi) is 8.89.